The van der Waals surface area contributed by atoms with E-state index in [1.807, 2.05) is 31.2 Å². The number of carboxylic acid groups (broad SMARTS) is 1. The number of benzene rings is 1. The van der Waals surface area contributed by atoms with Crippen molar-refractivity contribution in [3.8, 4) is 5.75 Å². The molecule has 0 fully saturated rings. The van der Waals surface area contributed by atoms with E-state index in [1.54, 1.807) is 0 Å². The summed E-state index contributed by atoms with van der Waals surface area (Å²) in [7, 11) is 0. The van der Waals surface area contributed by atoms with Crippen LogP contribution in [0.3, 0.4) is 0 Å². The van der Waals surface area contributed by atoms with Crippen LogP contribution in [0.4, 0.5) is 0 Å². The minimum absolute atomic E-state index is 0.00945. The van der Waals surface area contributed by atoms with Crippen LogP contribution in [0.2, 0.25) is 5.02 Å². The van der Waals surface area contributed by atoms with Gasteiger partial charge >= 0.3 is 5.97 Å². The quantitative estimate of drug-likeness (QED) is 0.917. The lowest BCUT2D eigenvalue weighted by Crippen LogP contribution is -2.08. The number of aromatic nitrogens is 2. The highest BCUT2D eigenvalue weighted by Gasteiger charge is 2.13. The number of aromatic carboxylic acids is 1. The molecule has 0 saturated carbocycles. The van der Waals surface area contributed by atoms with Gasteiger partial charge in [0, 0.05) is 0 Å². The number of rotatable bonds is 5. The van der Waals surface area contributed by atoms with Crippen LogP contribution < -0.4 is 4.74 Å². The highest BCUT2D eigenvalue weighted by molar-refractivity contribution is 6.33. The Bertz CT molecular complexity index is 632. The molecule has 0 atom stereocenters. The highest BCUT2D eigenvalue weighted by Crippen LogP contribution is 2.19. The first-order valence-corrected chi connectivity index (χ1v) is 6.45. The molecule has 20 heavy (non-hydrogen) atoms. The lowest BCUT2D eigenvalue weighted by molar-refractivity contribution is 0.0689. The largest absolute Gasteiger partial charge is 0.485 e. The Morgan fingerprint density at radius 2 is 2.15 bits per heavy atom. The van der Waals surface area contributed by atoms with E-state index in [4.69, 9.17) is 21.4 Å². The van der Waals surface area contributed by atoms with Gasteiger partial charge in [-0.2, -0.15) is 0 Å². The Morgan fingerprint density at radius 1 is 1.40 bits per heavy atom. The van der Waals surface area contributed by atoms with Crippen LogP contribution in [0.5, 0.6) is 5.75 Å². The summed E-state index contributed by atoms with van der Waals surface area (Å²) in [6, 6.07) is 7.64. The maximum atomic E-state index is 10.9. The lowest BCUT2D eigenvalue weighted by Gasteiger charge is -2.09. The minimum Gasteiger partial charge on any atom is -0.485 e. The van der Waals surface area contributed by atoms with Crippen molar-refractivity contribution in [3.63, 3.8) is 0 Å². The van der Waals surface area contributed by atoms with Crippen molar-refractivity contribution in [1.29, 1.82) is 0 Å². The van der Waals surface area contributed by atoms with Crippen molar-refractivity contribution in [2.45, 2.75) is 20.0 Å². The molecular formula is C14H13ClN2O3. The van der Waals surface area contributed by atoms with Crippen molar-refractivity contribution >= 4 is 17.6 Å². The molecule has 104 valence electrons. The van der Waals surface area contributed by atoms with Crippen LogP contribution in [0.15, 0.2) is 30.5 Å². The molecule has 0 aliphatic carbocycles. The van der Waals surface area contributed by atoms with Crippen LogP contribution in [-0.4, -0.2) is 21.0 Å². The van der Waals surface area contributed by atoms with Gasteiger partial charge in [-0.1, -0.05) is 36.7 Å². The number of aryl methyl sites for hydroxylation is 1. The zero-order chi connectivity index (χ0) is 14.5. The average Bonchev–Trinajstić information content (AvgIpc) is 2.46. The maximum absolute atomic E-state index is 10.9. The van der Waals surface area contributed by atoms with Crippen molar-refractivity contribution < 1.29 is 14.6 Å². The number of para-hydroxylation sites is 1. The summed E-state index contributed by atoms with van der Waals surface area (Å²) in [5.41, 5.74) is 0.851. The number of carboxylic acids is 1. The summed E-state index contributed by atoms with van der Waals surface area (Å²) in [6.07, 6.45) is 2.11. The van der Waals surface area contributed by atoms with E-state index in [1.165, 1.54) is 6.20 Å². The molecule has 0 radical (unpaired) electrons. The first kappa shape index (κ1) is 14.3. The van der Waals surface area contributed by atoms with E-state index in [9.17, 15) is 4.79 Å². The van der Waals surface area contributed by atoms with E-state index in [0.717, 1.165) is 17.7 Å². The van der Waals surface area contributed by atoms with Crippen molar-refractivity contribution in [3.05, 3.63) is 52.6 Å². The smallest absolute Gasteiger partial charge is 0.356 e. The number of halogens is 1. The molecular weight excluding hydrogens is 280 g/mol. The van der Waals surface area contributed by atoms with Crippen LogP contribution in [-0.2, 0) is 13.0 Å². The molecule has 0 spiro atoms. The fourth-order valence-electron chi connectivity index (χ4n) is 1.70. The van der Waals surface area contributed by atoms with Gasteiger partial charge in [-0.3, -0.25) is 0 Å². The first-order chi connectivity index (χ1) is 9.61. The first-order valence-electron chi connectivity index (χ1n) is 6.07. The number of carbonyl (C=O) groups is 1. The summed E-state index contributed by atoms with van der Waals surface area (Å²) >= 11 is 5.71. The highest BCUT2D eigenvalue weighted by atomic mass is 35.5. The van der Waals surface area contributed by atoms with Gasteiger partial charge in [0.2, 0.25) is 0 Å². The third-order valence-electron chi connectivity index (χ3n) is 2.71. The van der Waals surface area contributed by atoms with Gasteiger partial charge in [0.15, 0.2) is 11.5 Å². The maximum Gasteiger partial charge on any atom is 0.356 e. The lowest BCUT2D eigenvalue weighted by atomic mass is 10.1. The van der Waals surface area contributed by atoms with Crippen LogP contribution >= 0.6 is 11.6 Å². The second kappa shape index (κ2) is 6.34. The van der Waals surface area contributed by atoms with Crippen molar-refractivity contribution in [2.24, 2.45) is 0 Å². The predicted octanol–water partition coefficient (Wildman–Crippen LogP) is 2.97. The van der Waals surface area contributed by atoms with Crippen LogP contribution in [0, 0.1) is 0 Å². The molecule has 5 nitrogen and oxygen atoms in total. The van der Waals surface area contributed by atoms with E-state index in [-0.39, 0.29) is 23.1 Å². The Balaban J connectivity index is 2.15. The molecule has 0 saturated heterocycles. The predicted molar refractivity (Wildman–Crippen MR) is 74.2 cm³/mol. The second-order valence-corrected chi connectivity index (χ2v) is 4.45. The van der Waals surface area contributed by atoms with E-state index in [0.29, 0.717) is 0 Å². The number of ether oxygens (including phenoxy) is 1. The molecule has 1 aromatic heterocycles. The number of hydrogen-bond donors (Lipinski definition) is 1. The zero-order valence-corrected chi connectivity index (χ0v) is 11.6. The molecule has 0 amide bonds. The van der Waals surface area contributed by atoms with Gasteiger partial charge in [-0.05, 0) is 18.1 Å². The zero-order valence-electron chi connectivity index (χ0n) is 10.8. The topological polar surface area (TPSA) is 72.3 Å². The van der Waals surface area contributed by atoms with Crippen molar-refractivity contribution in [2.75, 3.05) is 0 Å². The molecule has 2 aromatic rings. The van der Waals surface area contributed by atoms with Crippen LogP contribution in [0.25, 0.3) is 0 Å². The molecule has 6 heteroatoms. The van der Waals surface area contributed by atoms with Crippen molar-refractivity contribution in [1.82, 2.24) is 9.97 Å². The van der Waals surface area contributed by atoms with Gasteiger partial charge in [-0.15, -0.1) is 0 Å². The van der Waals surface area contributed by atoms with Gasteiger partial charge in [0.25, 0.3) is 0 Å². The third-order valence-corrected chi connectivity index (χ3v) is 2.98. The Kier molecular flexibility index (Phi) is 4.53. The summed E-state index contributed by atoms with van der Waals surface area (Å²) in [5.74, 6) is -0.171. The standard InChI is InChI=1S/C14H13ClN2O3/c1-2-9-5-3-4-6-11(9)20-8-12-16-7-10(15)13(17-12)14(18)19/h3-7H,2,8H2,1H3,(H,18,19). The molecule has 1 aromatic carbocycles. The average molecular weight is 293 g/mol. The van der Waals surface area contributed by atoms with Gasteiger partial charge in [-0.25, -0.2) is 14.8 Å². The summed E-state index contributed by atoms with van der Waals surface area (Å²) in [4.78, 5) is 18.8. The van der Waals surface area contributed by atoms with Gasteiger partial charge in [0.1, 0.15) is 12.4 Å². The molecule has 2 rings (SSSR count). The van der Waals surface area contributed by atoms with E-state index in [2.05, 4.69) is 9.97 Å². The SMILES string of the molecule is CCc1ccccc1OCc1ncc(Cl)c(C(=O)O)n1. The molecule has 1 N–H and O–H groups in total. The fraction of sp³-hybridized carbons (Fsp3) is 0.214. The summed E-state index contributed by atoms with van der Waals surface area (Å²) in [5, 5.41) is 8.95. The molecule has 0 unspecified atom stereocenters. The van der Waals surface area contributed by atoms with Crippen LogP contribution in [0.1, 0.15) is 28.8 Å². The van der Waals surface area contributed by atoms with E-state index < -0.39 is 5.97 Å². The fourth-order valence-corrected chi connectivity index (χ4v) is 1.87. The number of hydrogen-bond acceptors (Lipinski definition) is 4. The number of nitrogens with zero attached hydrogens (tertiary/aromatic N) is 2. The monoisotopic (exact) mass is 292 g/mol. The Labute approximate surface area is 121 Å². The Hall–Kier alpha value is -2.14. The Morgan fingerprint density at radius 3 is 2.85 bits per heavy atom. The molecule has 1 heterocycles. The summed E-state index contributed by atoms with van der Waals surface area (Å²) in [6.45, 7) is 2.12. The summed E-state index contributed by atoms with van der Waals surface area (Å²) < 4.78 is 5.63. The van der Waals surface area contributed by atoms with Gasteiger partial charge < -0.3 is 9.84 Å². The molecule has 0 aliphatic heterocycles. The normalized spacial score (nSPS) is 10.3. The minimum atomic E-state index is -1.19. The van der Waals surface area contributed by atoms with Gasteiger partial charge in [0.05, 0.1) is 11.2 Å². The molecule has 0 bridgehead atoms. The molecule has 0 aliphatic rings. The van der Waals surface area contributed by atoms with E-state index >= 15 is 0 Å². The second-order valence-electron chi connectivity index (χ2n) is 4.04. The third kappa shape index (κ3) is 3.24.